The van der Waals surface area contributed by atoms with Crippen molar-refractivity contribution in [3.05, 3.63) is 60.8 Å². The molecular formula is C20H17N3O3. The number of aromatic nitrogens is 1. The van der Waals surface area contributed by atoms with Gasteiger partial charge >= 0.3 is 0 Å². The minimum absolute atomic E-state index is 0.0909. The van der Waals surface area contributed by atoms with Gasteiger partial charge in [0.2, 0.25) is 11.8 Å². The molecule has 1 aliphatic rings. The van der Waals surface area contributed by atoms with E-state index in [1.165, 1.54) is 0 Å². The Hall–Kier alpha value is -3.41. The average Bonchev–Trinajstić information content (AvgIpc) is 3.09. The zero-order chi connectivity index (χ0) is 17.9. The van der Waals surface area contributed by atoms with E-state index in [-0.39, 0.29) is 11.8 Å². The Kier molecular flexibility index (Phi) is 4.23. The number of carbonyl (C=O) groups excluding carboxylic acids is 2. The molecule has 0 saturated carbocycles. The van der Waals surface area contributed by atoms with Crippen LogP contribution in [0, 0.1) is 0 Å². The predicted molar refractivity (Wildman–Crippen MR) is 98.1 cm³/mol. The normalized spacial score (nSPS) is 16.3. The monoisotopic (exact) mass is 347 g/mol. The number of anilines is 1. The number of fused-ring (bicyclic) bond motifs is 1. The summed E-state index contributed by atoms with van der Waals surface area (Å²) in [4.78, 5) is 27.8. The number of nitrogens with zero attached hydrogens (tertiary/aromatic N) is 1. The second-order valence-electron chi connectivity index (χ2n) is 6.10. The zero-order valence-electron chi connectivity index (χ0n) is 13.9. The Balaban J connectivity index is 1.52. The highest BCUT2D eigenvalue weighted by molar-refractivity contribution is 5.99. The number of carbonyl (C=O) groups is 2. The lowest BCUT2D eigenvalue weighted by atomic mass is 10.2. The maximum absolute atomic E-state index is 12.2. The van der Waals surface area contributed by atoms with Crippen LogP contribution in [-0.2, 0) is 9.59 Å². The molecule has 130 valence electrons. The lowest BCUT2D eigenvalue weighted by Crippen LogP contribution is -2.37. The van der Waals surface area contributed by atoms with Gasteiger partial charge in [0.15, 0.2) is 0 Å². The average molecular weight is 347 g/mol. The van der Waals surface area contributed by atoms with E-state index in [0.717, 1.165) is 10.9 Å². The standard InChI is InChI=1S/C20H17N3O3/c24-19-9-8-17(23-19)20(25)22-13-4-3-5-14(12-13)26-18-10-11-21-16-7-2-1-6-15(16)18/h1-7,10-12,17H,8-9H2,(H,22,25)(H,23,24)/t17-/m1/s1. The van der Waals surface area contributed by atoms with Crippen LogP contribution in [-0.4, -0.2) is 22.8 Å². The number of rotatable bonds is 4. The molecule has 0 aliphatic carbocycles. The van der Waals surface area contributed by atoms with Gasteiger partial charge in [-0.25, -0.2) is 0 Å². The number of nitrogens with one attached hydrogen (secondary N) is 2. The molecule has 0 unspecified atom stereocenters. The molecule has 6 nitrogen and oxygen atoms in total. The van der Waals surface area contributed by atoms with Crippen LogP contribution in [0.2, 0.25) is 0 Å². The molecule has 1 fully saturated rings. The maximum atomic E-state index is 12.2. The molecule has 3 aromatic rings. The first-order valence-corrected chi connectivity index (χ1v) is 8.41. The van der Waals surface area contributed by atoms with Crippen LogP contribution in [0.15, 0.2) is 60.8 Å². The Morgan fingerprint density at radius 2 is 2.04 bits per heavy atom. The molecule has 1 aromatic heterocycles. The number of pyridine rings is 1. The van der Waals surface area contributed by atoms with Crippen molar-refractivity contribution in [2.24, 2.45) is 0 Å². The number of hydrogen-bond acceptors (Lipinski definition) is 4. The van der Waals surface area contributed by atoms with Crippen molar-refractivity contribution in [3.8, 4) is 11.5 Å². The highest BCUT2D eigenvalue weighted by Gasteiger charge is 2.27. The van der Waals surface area contributed by atoms with Gasteiger partial charge < -0.3 is 15.4 Å². The van der Waals surface area contributed by atoms with Crippen LogP contribution in [0.4, 0.5) is 5.69 Å². The Labute approximate surface area is 150 Å². The SMILES string of the molecule is O=C1CC[C@H](C(=O)Nc2cccc(Oc3ccnc4ccccc34)c2)N1. The summed E-state index contributed by atoms with van der Waals surface area (Å²) in [7, 11) is 0. The summed E-state index contributed by atoms with van der Waals surface area (Å²) in [5.74, 6) is 0.992. The smallest absolute Gasteiger partial charge is 0.246 e. The first-order chi connectivity index (χ1) is 12.7. The quantitative estimate of drug-likeness (QED) is 0.759. The third-order valence-corrected chi connectivity index (χ3v) is 4.25. The van der Waals surface area contributed by atoms with Gasteiger partial charge in [-0.15, -0.1) is 0 Å². The molecule has 6 heteroatoms. The van der Waals surface area contributed by atoms with Crippen LogP contribution in [0.3, 0.4) is 0 Å². The molecule has 4 rings (SSSR count). The van der Waals surface area contributed by atoms with E-state index in [1.54, 1.807) is 18.3 Å². The molecule has 2 amide bonds. The molecule has 2 heterocycles. The fourth-order valence-electron chi connectivity index (χ4n) is 2.96. The highest BCUT2D eigenvalue weighted by Crippen LogP contribution is 2.29. The molecule has 2 N–H and O–H groups in total. The molecule has 0 radical (unpaired) electrons. The minimum Gasteiger partial charge on any atom is -0.457 e. The van der Waals surface area contributed by atoms with Gasteiger partial charge in [0, 0.05) is 29.8 Å². The van der Waals surface area contributed by atoms with Crippen LogP contribution in [0.25, 0.3) is 10.9 Å². The number of para-hydroxylation sites is 1. The predicted octanol–water partition coefficient (Wildman–Crippen LogP) is 3.24. The van der Waals surface area contributed by atoms with Crippen molar-refractivity contribution < 1.29 is 14.3 Å². The molecule has 1 saturated heterocycles. The maximum Gasteiger partial charge on any atom is 0.246 e. The van der Waals surface area contributed by atoms with Crippen molar-refractivity contribution in [2.75, 3.05) is 5.32 Å². The zero-order valence-corrected chi connectivity index (χ0v) is 13.9. The Morgan fingerprint density at radius 1 is 1.15 bits per heavy atom. The third kappa shape index (κ3) is 3.35. The molecule has 2 aromatic carbocycles. The fourth-order valence-corrected chi connectivity index (χ4v) is 2.96. The highest BCUT2D eigenvalue weighted by atomic mass is 16.5. The van der Waals surface area contributed by atoms with E-state index >= 15 is 0 Å². The van der Waals surface area contributed by atoms with Crippen molar-refractivity contribution >= 4 is 28.4 Å². The molecule has 0 bridgehead atoms. The van der Waals surface area contributed by atoms with Gasteiger partial charge in [-0.2, -0.15) is 0 Å². The Morgan fingerprint density at radius 3 is 2.88 bits per heavy atom. The number of benzene rings is 2. The lowest BCUT2D eigenvalue weighted by Gasteiger charge is -2.13. The fraction of sp³-hybridized carbons (Fsp3) is 0.150. The largest absolute Gasteiger partial charge is 0.457 e. The van der Waals surface area contributed by atoms with E-state index in [2.05, 4.69) is 15.6 Å². The van der Waals surface area contributed by atoms with Crippen molar-refractivity contribution in [1.29, 1.82) is 0 Å². The molecule has 26 heavy (non-hydrogen) atoms. The van der Waals surface area contributed by atoms with Gasteiger partial charge in [0.25, 0.3) is 0 Å². The van der Waals surface area contributed by atoms with Gasteiger partial charge in [-0.3, -0.25) is 14.6 Å². The topological polar surface area (TPSA) is 80.3 Å². The third-order valence-electron chi connectivity index (χ3n) is 4.25. The van der Waals surface area contributed by atoms with Crippen LogP contribution >= 0.6 is 0 Å². The van der Waals surface area contributed by atoms with Crippen LogP contribution in [0.5, 0.6) is 11.5 Å². The van der Waals surface area contributed by atoms with Crippen molar-refractivity contribution in [2.45, 2.75) is 18.9 Å². The van der Waals surface area contributed by atoms with E-state index in [0.29, 0.717) is 30.0 Å². The summed E-state index contributed by atoms with van der Waals surface area (Å²) in [6.45, 7) is 0. The summed E-state index contributed by atoms with van der Waals surface area (Å²) in [6.07, 6.45) is 2.60. The molecule has 0 spiro atoms. The number of ether oxygens (including phenoxy) is 1. The molecular weight excluding hydrogens is 330 g/mol. The second-order valence-corrected chi connectivity index (χ2v) is 6.10. The second kappa shape index (κ2) is 6.84. The van der Waals surface area contributed by atoms with E-state index in [1.807, 2.05) is 42.5 Å². The lowest BCUT2D eigenvalue weighted by molar-refractivity contribution is -0.122. The van der Waals surface area contributed by atoms with Crippen molar-refractivity contribution in [1.82, 2.24) is 10.3 Å². The number of hydrogen-bond donors (Lipinski definition) is 2. The molecule has 1 aliphatic heterocycles. The minimum atomic E-state index is -0.476. The Bertz CT molecular complexity index is 981. The van der Waals surface area contributed by atoms with Crippen LogP contribution in [0.1, 0.15) is 12.8 Å². The first kappa shape index (κ1) is 16.1. The van der Waals surface area contributed by atoms with Crippen LogP contribution < -0.4 is 15.4 Å². The van der Waals surface area contributed by atoms with Gasteiger partial charge in [0.05, 0.1) is 5.52 Å². The van der Waals surface area contributed by atoms with E-state index in [9.17, 15) is 9.59 Å². The summed E-state index contributed by atoms with van der Waals surface area (Å²) >= 11 is 0. The van der Waals surface area contributed by atoms with E-state index < -0.39 is 6.04 Å². The molecule has 1 atom stereocenters. The summed E-state index contributed by atoms with van der Waals surface area (Å²) in [5.41, 5.74) is 1.47. The summed E-state index contributed by atoms with van der Waals surface area (Å²) in [5, 5.41) is 6.40. The number of amides is 2. The van der Waals surface area contributed by atoms with Gasteiger partial charge in [-0.05, 0) is 36.8 Å². The summed E-state index contributed by atoms with van der Waals surface area (Å²) < 4.78 is 6.00. The first-order valence-electron chi connectivity index (χ1n) is 8.41. The van der Waals surface area contributed by atoms with E-state index in [4.69, 9.17) is 4.74 Å². The van der Waals surface area contributed by atoms with Crippen molar-refractivity contribution in [3.63, 3.8) is 0 Å². The van der Waals surface area contributed by atoms with Gasteiger partial charge in [-0.1, -0.05) is 18.2 Å². The summed E-state index contributed by atoms with van der Waals surface area (Å²) in [6, 6.07) is 16.2. The van der Waals surface area contributed by atoms with Gasteiger partial charge in [0.1, 0.15) is 17.5 Å².